The molecule has 0 radical (unpaired) electrons. The second kappa shape index (κ2) is 12.8. The zero-order valence-electron chi connectivity index (χ0n) is 19.4. The number of halogens is 1. The van der Waals surface area contributed by atoms with Gasteiger partial charge >= 0.3 is 0 Å². The number of nitrogens with one attached hydrogen (secondary N) is 1. The fraction of sp³-hybridized carbons (Fsp3) is 0.462. The molecule has 1 saturated carbocycles. The van der Waals surface area contributed by atoms with Crippen molar-refractivity contribution in [3.8, 4) is 11.5 Å². The first kappa shape index (κ1) is 25.3. The fourth-order valence-corrected chi connectivity index (χ4v) is 4.55. The Hall–Kier alpha value is -2.29. The molecule has 0 aliphatic heterocycles. The molecule has 2 aromatic carbocycles. The van der Waals surface area contributed by atoms with E-state index in [-0.39, 0.29) is 24.5 Å². The Labute approximate surface area is 210 Å². The second-order valence-corrected chi connectivity index (χ2v) is 9.63. The number of nitrogens with zero attached hydrogens (tertiary/aromatic N) is 1. The van der Waals surface area contributed by atoms with Crippen molar-refractivity contribution < 1.29 is 19.1 Å². The normalized spacial score (nSPS) is 14.9. The number of rotatable bonds is 10. The molecule has 6 nitrogen and oxygen atoms in total. The van der Waals surface area contributed by atoms with Gasteiger partial charge in [-0.2, -0.15) is 0 Å². The number of amides is 2. The van der Waals surface area contributed by atoms with Crippen molar-refractivity contribution in [3.05, 3.63) is 57.7 Å². The van der Waals surface area contributed by atoms with Crippen LogP contribution < -0.4 is 14.8 Å². The van der Waals surface area contributed by atoms with Crippen molar-refractivity contribution in [2.45, 2.75) is 64.1 Å². The Morgan fingerprint density at radius 1 is 1.09 bits per heavy atom. The lowest BCUT2D eigenvalue weighted by molar-refractivity contribution is -0.143. The van der Waals surface area contributed by atoms with Crippen LogP contribution in [0.25, 0.3) is 0 Å². The summed E-state index contributed by atoms with van der Waals surface area (Å²) in [7, 11) is 1.61. The number of hydrogen-bond donors (Lipinski definition) is 1. The van der Waals surface area contributed by atoms with Gasteiger partial charge in [0.05, 0.1) is 7.11 Å². The second-order valence-electron chi connectivity index (χ2n) is 8.38. The topological polar surface area (TPSA) is 67.9 Å². The van der Waals surface area contributed by atoms with Gasteiger partial charge in [-0.05, 0) is 83.8 Å². The van der Waals surface area contributed by atoms with Crippen molar-refractivity contribution in [3.63, 3.8) is 0 Å². The Bertz CT molecular complexity index is 913. The summed E-state index contributed by atoms with van der Waals surface area (Å²) < 4.78 is 12.2. The summed E-state index contributed by atoms with van der Waals surface area (Å²) in [6.45, 7) is 2.12. The number of carbonyl (C=O) groups is 2. The largest absolute Gasteiger partial charge is 0.497 e. The summed E-state index contributed by atoms with van der Waals surface area (Å²) >= 11 is 2.22. The smallest absolute Gasteiger partial charge is 0.261 e. The molecule has 0 spiro atoms. The maximum Gasteiger partial charge on any atom is 0.261 e. The molecule has 0 bridgehead atoms. The molecule has 7 heteroatoms. The SMILES string of the molecule is CCC(C(=O)NC1CCCCC1)N(Cc1cccc(OC)c1)C(=O)COc1ccc(I)cc1. The molecule has 2 aromatic rings. The van der Waals surface area contributed by atoms with E-state index in [0.717, 1.165) is 40.6 Å². The summed E-state index contributed by atoms with van der Waals surface area (Å²) in [6.07, 6.45) is 6.03. The number of ether oxygens (including phenoxy) is 2. The quantitative estimate of drug-likeness (QED) is 0.416. The van der Waals surface area contributed by atoms with Crippen molar-refractivity contribution in [1.82, 2.24) is 10.2 Å². The minimum Gasteiger partial charge on any atom is -0.497 e. The van der Waals surface area contributed by atoms with Crippen LogP contribution in [0.1, 0.15) is 51.0 Å². The van der Waals surface area contributed by atoms with Crippen LogP contribution in [0.2, 0.25) is 0 Å². The maximum absolute atomic E-state index is 13.3. The van der Waals surface area contributed by atoms with E-state index in [1.165, 1.54) is 6.42 Å². The van der Waals surface area contributed by atoms with Crippen LogP contribution in [-0.2, 0) is 16.1 Å². The summed E-state index contributed by atoms with van der Waals surface area (Å²) in [4.78, 5) is 28.2. The van der Waals surface area contributed by atoms with Gasteiger partial charge in [-0.3, -0.25) is 9.59 Å². The Balaban J connectivity index is 1.76. The van der Waals surface area contributed by atoms with Gasteiger partial charge in [0, 0.05) is 16.2 Å². The highest BCUT2D eigenvalue weighted by molar-refractivity contribution is 14.1. The van der Waals surface area contributed by atoms with Crippen molar-refractivity contribution in [1.29, 1.82) is 0 Å². The standard InChI is InChI=1S/C26H33IN2O4/c1-3-24(26(31)28-21-9-5-4-6-10-21)29(17-19-8-7-11-23(16-19)32-2)25(30)18-33-22-14-12-20(27)13-15-22/h7-8,11-16,21,24H,3-6,9-10,17-18H2,1-2H3,(H,28,31). The third-order valence-electron chi connectivity index (χ3n) is 6.00. The van der Waals surface area contributed by atoms with E-state index in [9.17, 15) is 9.59 Å². The predicted octanol–water partition coefficient (Wildman–Crippen LogP) is 4.93. The molecular formula is C26H33IN2O4. The number of methoxy groups -OCH3 is 1. The Morgan fingerprint density at radius 2 is 1.82 bits per heavy atom. The molecule has 178 valence electrons. The third-order valence-corrected chi connectivity index (χ3v) is 6.72. The molecule has 0 aromatic heterocycles. The summed E-state index contributed by atoms with van der Waals surface area (Å²) in [5, 5.41) is 3.19. The monoisotopic (exact) mass is 564 g/mol. The minimum absolute atomic E-state index is 0.0880. The number of hydrogen-bond acceptors (Lipinski definition) is 4. The van der Waals surface area contributed by atoms with E-state index in [1.54, 1.807) is 12.0 Å². The van der Waals surface area contributed by atoms with Gasteiger partial charge in [-0.25, -0.2) is 0 Å². The molecule has 1 N–H and O–H groups in total. The first-order valence-corrected chi connectivity index (χ1v) is 12.7. The van der Waals surface area contributed by atoms with Gasteiger partial charge in [0.2, 0.25) is 5.91 Å². The van der Waals surface area contributed by atoms with Gasteiger partial charge in [-0.15, -0.1) is 0 Å². The van der Waals surface area contributed by atoms with Crippen molar-refractivity contribution in [2.75, 3.05) is 13.7 Å². The van der Waals surface area contributed by atoms with Gasteiger partial charge in [-0.1, -0.05) is 38.3 Å². The number of benzene rings is 2. The first-order chi connectivity index (χ1) is 16.0. The molecular weight excluding hydrogens is 531 g/mol. The number of carbonyl (C=O) groups excluding carboxylic acids is 2. The van der Waals surface area contributed by atoms with E-state index < -0.39 is 6.04 Å². The van der Waals surface area contributed by atoms with Gasteiger partial charge in [0.25, 0.3) is 5.91 Å². The lowest BCUT2D eigenvalue weighted by Crippen LogP contribution is -2.52. The molecule has 1 fully saturated rings. The molecule has 1 aliphatic carbocycles. The zero-order chi connectivity index (χ0) is 23.6. The van der Waals surface area contributed by atoms with E-state index in [0.29, 0.717) is 18.7 Å². The molecule has 1 unspecified atom stereocenters. The zero-order valence-corrected chi connectivity index (χ0v) is 21.5. The van der Waals surface area contributed by atoms with Crippen LogP contribution in [0, 0.1) is 3.57 Å². The maximum atomic E-state index is 13.3. The van der Waals surface area contributed by atoms with Crippen LogP contribution in [0.5, 0.6) is 11.5 Å². The molecule has 3 rings (SSSR count). The lowest BCUT2D eigenvalue weighted by atomic mass is 9.95. The predicted molar refractivity (Wildman–Crippen MR) is 137 cm³/mol. The van der Waals surface area contributed by atoms with E-state index >= 15 is 0 Å². The van der Waals surface area contributed by atoms with Gasteiger partial charge in [0.1, 0.15) is 17.5 Å². The van der Waals surface area contributed by atoms with E-state index in [2.05, 4.69) is 27.9 Å². The Kier molecular flexibility index (Phi) is 9.84. The first-order valence-electron chi connectivity index (χ1n) is 11.6. The highest BCUT2D eigenvalue weighted by atomic mass is 127. The molecule has 2 amide bonds. The summed E-state index contributed by atoms with van der Waals surface area (Å²) in [5.41, 5.74) is 0.904. The van der Waals surface area contributed by atoms with Crippen LogP contribution in [0.4, 0.5) is 0 Å². The van der Waals surface area contributed by atoms with Crippen molar-refractivity contribution in [2.24, 2.45) is 0 Å². The average molecular weight is 564 g/mol. The Morgan fingerprint density at radius 3 is 2.48 bits per heavy atom. The molecule has 0 heterocycles. The average Bonchev–Trinajstić information content (AvgIpc) is 2.84. The highest BCUT2D eigenvalue weighted by Gasteiger charge is 2.30. The lowest BCUT2D eigenvalue weighted by Gasteiger charge is -2.32. The van der Waals surface area contributed by atoms with Gasteiger partial charge < -0.3 is 19.7 Å². The van der Waals surface area contributed by atoms with Crippen LogP contribution in [0.3, 0.4) is 0 Å². The fourth-order valence-electron chi connectivity index (χ4n) is 4.19. The third kappa shape index (κ3) is 7.62. The van der Waals surface area contributed by atoms with Crippen molar-refractivity contribution >= 4 is 34.4 Å². The summed E-state index contributed by atoms with van der Waals surface area (Å²) in [5.74, 6) is 1.04. The molecule has 1 atom stereocenters. The van der Waals surface area contributed by atoms with Crippen LogP contribution in [-0.4, -0.2) is 42.5 Å². The van der Waals surface area contributed by atoms with Crippen LogP contribution in [0.15, 0.2) is 48.5 Å². The molecule has 33 heavy (non-hydrogen) atoms. The van der Waals surface area contributed by atoms with Gasteiger partial charge in [0.15, 0.2) is 6.61 Å². The van der Waals surface area contributed by atoms with E-state index in [4.69, 9.17) is 9.47 Å². The van der Waals surface area contributed by atoms with Crippen LogP contribution >= 0.6 is 22.6 Å². The highest BCUT2D eigenvalue weighted by Crippen LogP contribution is 2.21. The summed E-state index contributed by atoms with van der Waals surface area (Å²) in [6, 6.07) is 14.8. The van der Waals surface area contributed by atoms with E-state index in [1.807, 2.05) is 55.5 Å². The molecule has 0 saturated heterocycles. The molecule has 1 aliphatic rings. The minimum atomic E-state index is -0.564.